The van der Waals surface area contributed by atoms with Gasteiger partial charge < -0.3 is 10.1 Å². The van der Waals surface area contributed by atoms with E-state index in [1.807, 2.05) is 0 Å². The Kier molecular flexibility index (Phi) is 4.97. The van der Waals surface area contributed by atoms with Crippen molar-refractivity contribution in [1.82, 2.24) is 10.0 Å². The van der Waals surface area contributed by atoms with Crippen LogP contribution in [-0.4, -0.2) is 40.6 Å². The van der Waals surface area contributed by atoms with Gasteiger partial charge in [0.2, 0.25) is 10.0 Å². The highest BCUT2D eigenvalue weighted by Crippen LogP contribution is 2.17. The van der Waals surface area contributed by atoms with Crippen molar-refractivity contribution >= 4 is 16.0 Å². The van der Waals surface area contributed by atoms with Crippen LogP contribution < -0.4 is 10.0 Å². The van der Waals surface area contributed by atoms with E-state index >= 15 is 0 Å². The van der Waals surface area contributed by atoms with E-state index in [9.17, 15) is 13.2 Å². The molecule has 1 atom stereocenters. The third-order valence-corrected chi connectivity index (χ3v) is 5.06. The van der Waals surface area contributed by atoms with Crippen molar-refractivity contribution in [2.24, 2.45) is 0 Å². The topological polar surface area (TPSA) is 84.5 Å². The van der Waals surface area contributed by atoms with Crippen LogP contribution in [0.25, 0.3) is 0 Å². The van der Waals surface area contributed by atoms with Gasteiger partial charge in [-0.05, 0) is 44.0 Å². The van der Waals surface area contributed by atoms with Crippen molar-refractivity contribution in [3.63, 3.8) is 0 Å². The fraction of sp³-hybridized carbons (Fsp3) is 0.500. The highest BCUT2D eigenvalue weighted by Gasteiger charge is 2.23. The minimum Gasteiger partial charge on any atom is -0.465 e. The van der Waals surface area contributed by atoms with Gasteiger partial charge in [0.25, 0.3) is 0 Å². The molecule has 0 bridgehead atoms. The molecule has 21 heavy (non-hydrogen) atoms. The number of aryl methyl sites for hydroxylation is 1. The Hall–Kier alpha value is -1.44. The molecule has 0 saturated carbocycles. The molecule has 1 aromatic carbocycles. The summed E-state index contributed by atoms with van der Waals surface area (Å²) in [4.78, 5) is 11.7. The fourth-order valence-corrected chi connectivity index (χ4v) is 3.63. The summed E-state index contributed by atoms with van der Waals surface area (Å²) in [5, 5.41) is 3.16. The summed E-state index contributed by atoms with van der Waals surface area (Å²) in [5.74, 6) is -0.538. The molecule has 1 heterocycles. The first-order chi connectivity index (χ1) is 9.94. The number of sulfonamides is 1. The number of ether oxygens (including phenoxy) is 1. The Morgan fingerprint density at radius 2 is 2.19 bits per heavy atom. The Morgan fingerprint density at radius 1 is 1.43 bits per heavy atom. The molecule has 0 spiro atoms. The molecule has 6 nitrogen and oxygen atoms in total. The van der Waals surface area contributed by atoms with Crippen molar-refractivity contribution < 1.29 is 17.9 Å². The number of carbonyl (C=O) groups excluding carboxylic acids is 1. The van der Waals surface area contributed by atoms with E-state index in [1.54, 1.807) is 13.0 Å². The van der Waals surface area contributed by atoms with Crippen LogP contribution >= 0.6 is 0 Å². The molecule has 0 aromatic heterocycles. The van der Waals surface area contributed by atoms with E-state index in [0.29, 0.717) is 12.1 Å². The summed E-state index contributed by atoms with van der Waals surface area (Å²) in [6, 6.07) is 4.35. The van der Waals surface area contributed by atoms with Crippen molar-refractivity contribution in [3.05, 3.63) is 29.3 Å². The molecule has 1 aliphatic heterocycles. The number of piperidine rings is 1. The highest BCUT2D eigenvalue weighted by molar-refractivity contribution is 7.89. The van der Waals surface area contributed by atoms with Crippen molar-refractivity contribution in [2.75, 3.05) is 20.2 Å². The van der Waals surface area contributed by atoms with E-state index < -0.39 is 16.0 Å². The van der Waals surface area contributed by atoms with Crippen LogP contribution in [0.1, 0.15) is 28.8 Å². The van der Waals surface area contributed by atoms with Gasteiger partial charge in [0.1, 0.15) is 0 Å². The zero-order valence-electron chi connectivity index (χ0n) is 12.2. The SMILES string of the molecule is COC(=O)c1cc(S(=O)(=O)NC2CCCNC2)ccc1C. The van der Waals surface area contributed by atoms with Gasteiger partial charge in [-0.2, -0.15) is 0 Å². The van der Waals surface area contributed by atoms with E-state index in [4.69, 9.17) is 0 Å². The molecule has 2 N–H and O–H groups in total. The van der Waals surface area contributed by atoms with Gasteiger partial charge in [0.15, 0.2) is 0 Å². The lowest BCUT2D eigenvalue weighted by atomic mass is 10.1. The van der Waals surface area contributed by atoms with Crippen LogP contribution in [0.15, 0.2) is 23.1 Å². The summed E-state index contributed by atoms with van der Waals surface area (Å²) in [6.45, 7) is 3.27. The quantitative estimate of drug-likeness (QED) is 0.804. The molecule has 1 aromatic rings. The molecule has 2 rings (SSSR count). The summed E-state index contributed by atoms with van der Waals surface area (Å²) in [6.07, 6.45) is 1.75. The molecule has 116 valence electrons. The summed E-state index contributed by atoms with van der Waals surface area (Å²) < 4.78 is 32.1. The lowest BCUT2D eigenvalue weighted by Crippen LogP contribution is -2.45. The van der Waals surface area contributed by atoms with Crippen LogP contribution in [0.4, 0.5) is 0 Å². The summed E-state index contributed by atoms with van der Waals surface area (Å²) >= 11 is 0. The molecule has 1 unspecified atom stereocenters. The van der Waals surface area contributed by atoms with Gasteiger partial charge in [-0.15, -0.1) is 0 Å². The van der Waals surface area contributed by atoms with Crippen LogP contribution in [0.2, 0.25) is 0 Å². The van der Waals surface area contributed by atoms with Crippen LogP contribution in [0.5, 0.6) is 0 Å². The smallest absolute Gasteiger partial charge is 0.338 e. The monoisotopic (exact) mass is 312 g/mol. The molecule has 1 fully saturated rings. The van der Waals surface area contributed by atoms with Crippen molar-refractivity contribution in [3.8, 4) is 0 Å². The normalized spacial score (nSPS) is 19.2. The minimum absolute atomic E-state index is 0.0825. The molecule has 0 amide bonds. The Morgan fingerprint density at radius 3 is 2.81 bits per heavy atom. The maximum Gasteiger partial charge on any atom is 0.338 e. The predicted molar refractivity (Wildman–Crippen MR) is 78.7 cm³/mol. The number of nitrogens with one attached hydrogen (secondary N) is 2. The van der Waals surface area contributed by atoms with Crippen molar-refractivity contribution in [2.45, 2.75) is 30.7 Å². The van der Waals surface area contributed by atoms with E-state index in [2.05, 4.69) is 14.8 Å². The molecule has 1 saturated heterocycles. The third-order valence-electron chi connectivity index (χ3n) is 3.54. The minimum atomic E-state index is -3.64. The zero-order valence-corrected chi connectivity index (χ0v) is 13.0. The van der Waals surface area contributed by atoms with E-state index in [-0.39, 0.29) is 16.5 Å². The van der Waals surface area contributed by atoms with Gasteiger partial charge >= 0.3 is 5.97 Å². The lowest BCUT2D eigenvalue weighted by Gasteiger charge is -2.23. The number of esters is 1. The molecule has 1 aliphatic rings. The summed E-state index contributed by atoms with van der Waals surface area (Å²) in [5.41, 5.74) is 0.947. The number of methoxy groups -OCH3 is 1. The number of hydrogen-bond donors (Lipinski definition) is 2. The predicted octanol–water partition coefficient (Wildman–Crippen LogP) is 0.812. The van der Waals surface area contributed by atoms with Gasteiger partial charge in [0, 0.05) is 12.6 Å². The largest absolute Gasteiger partial charge is 0.465 e. The average molecular weight is 312 g/mol. The second-order valence-corrected chi connectivity index (χ2v) is 6.85. The number of rotatable bonds is 4. The van der Waals surface area contributed by atoms with Gasteiger partial charge in [-0.25, -0.2) is 17.9 Å². The van der Waals surface area contributed by atoms with Gasteiger partial charge in [-0.1, -0.05) is 6.07 Å². The maximum absolute atomic E-state index is 12.4. The average Bonchev–Trinajstić information content (AvgIpc) is 2.47. The van der Waals surface area contributed by atoms with Gasteiger partial charge in [-0.3, -0.25) is 0 Å². The van der Waals surface area contributed by atoms with E-state index in [1.165, 1.54) is 19.2 Å². The number of carbonyl (C=O) groups is 1. The number of benzene rings is 1. The van der Waals surface area contributed by atoms with Crippen molar-refractivity contribution in [1.29, 1.82) is 0 Å². The third kappa shape index (κ3) is 3.81. The highest BCUT2D eigenvalue weighted by atomic mass is 32.2. The molecule has 7 heteroatoms. The Balaban J connectivity index is 2.25. The second-order valence-electron chi connectivity index (χ2n) is 5.13. The molecule has 0 aliphatic carbocycles. The zero-order chi connectivity index (χ0) is 15.5. The molecular weight excluding hydrogens is 292 g/mol. The molecular formula is C14H20N2O4S. The van der Waals surface area contributed by atoms with Crippen LogP contribution in [0.3, 0.4) is 0 Å². The Labute approximate surface area is 124 Å². The first-order valence-electron chi connectivity index (χ1n) is 6.86. The second kappa shape index (κ2) is 6.55. The standard InChI is InChI=1S/C14H20N2O4S/c1-10-5-6-12(8-13(10)14(17)20-2)21(18,19)16-11-4-3-7-15-9-11/h5-6,8,11,15-16H,3-4,7,9H2,1-2H3. The Bertz CT molecular complexity index is 622. The van der Waals surface area contributed by atoms with Crippen LogP contribution in [0, 0.1) is 6.92 Å². The maximum atomic E-state index is 12.4. The first kappa shape index (κ1) is 15.9. The van der Waals surface area contributed by atoms with E-state index in [0.717, 1.165) is 19.4 Å². The summed E-state index contributed by atoms with van der Waals surface area (Å²) in [7, 11) is -2.37. The fourth-order valence-electron chi connectivity index (χ4n) is 2.34. The lowest BCUT2D eigenvalue weighted by molar-refractivity contribution is 0.0599. The first-order valence-corrected chi connectivity index (χ1v) is 8.34. The van der Waals surface area contributed by atoms with Gasteiger partial charge in [0.05, 0.1) is 17.6 Å². The van der Waals surface area contributed by atoms with Crippen LogP contribution in [-0.2, 0) is 14.8 Å². The number of hydrogen-bond acceptors (Lipinski definition) is 5. The molecule has 0 radical (unpaired) electrons.